The molecule has 0 bridgehead atoms. The molecule has 1 aromatic carbocycles. The predicted octanol–water partition coefficient (Wildman–Crippen LogP) is 1.31. The number of nitrogens with zero attached hydrogens (tertiary/aromatic N) is 1. The molecule has 0 saturated heterocycles. The van der Waals surface area contributed by atoms with E-state index in [0.29, 0.717) is 12.8 Å². The molecule has 0 saturated carbocycles. The molecular weight excluding hydrogens is 252 g/mol. The van der Waals surface area contributed by atoms with Crippen molar-refractivity contribution < 1.29 is 19.2 Å². The molecule has 0 fully saturated rings. The summed E-state index contributed by atoms with van der Waals surface area (Å²) in [5.74, 6) is -0.212. The highest BCUT2D eigenvalue weighted by Crippen LogP contribution is 2.27. The second kappa shape index (κ2) is 7.10. The molecule has 0 aromatic heterocycles. The van der Waals surface area contributed by atoms with Crippen LogP contribution in [0.5, 0.6) is 5.75 Å². The van der Waals surface area contributed by atoms with Crippen LogP contribution in [-0.2, 0) is 4.79 Å². The first-order chi connectivity index (χ1) is 9.08. The molecular formula is C12H14N2O5. The summed E-state index contributed by atoms with van der Waals surface area (Å²) in [6.07, 6.45) is 0.663. The van der Waals surface area contributed by atoms with Crippen LogP contribution in [-0.4, -0.2) is 30.3 Å². The molecule has 0 atom stereocenters. The van der Waals surface area contributed by atoms with Gasteiger partial charge in [-0.1, -0.05) is 0 Å². The van der Waals surface area contributed by atoms with Gasteiger partial charge in [0.2, 0.25) is 5.91 Å². The van der Waals surface area contributed by atoms with Gasteiger partial charge >= 0.3 is 5.69 Å². The average Bonchev–Trinajstić information content (AvgIpc) is 2.38. The van der Waals surface area contributed by atoms with E-state index in [1.807, 2.05) is 0 Å². The Labute approximate surface area is 109 Å². The van der Waals surface area contributed by atoms with E-state index in [-0.39, 0.29) is 35.9 Å². The summed E-state index contributed by atoms with van der Waals surface area (Å²) < 4.78 is 5.20. The number of amides is 1. The van der Waals surface area contributed by atoms with Gasteiger partial charge in [0, 0.05) is 18.2 Å². The van der Waals surface area contributed by atoms with Crippen LogP contribution in [0.15, 0.2) is 18.2 Å². The highest BCUT2D eigenvalue weighted by atomic mass is 16.6. The van der Waals surface area contributed by atoms with E-state index in [4.69, 9.17) is 4.74 Å². The van der Waals surface area contributed by atoms with Gasteiger partial charge in [-0.25, -0.2) is 0 Å². The number of rotatable bonds is 7. The summed E-state index contributed by atoms with van der Waals surface area (Å²) in [5.41, 5.74) is 0.0418. The highest BCUT2D eigenvalue weighted by Gasteiger charge is 2.15. The third kappa shape index (κ3) is 4.38. The number of ether oxygens (including phenoxy) is 1. The first-order valence-corrected chi connectivity index (χ1v) is 5.71. The van der Waals surface area contributed by atoms with Gasteiger partial charge < -0.3 is 10.1 Å². The molecule has 0 unspecified atom stereocenters. The van der Waals surface area contributed by atoms with Crippen molar-refractivity contribution in [3.63, 3.8) is 0 Å². The lowest BCUT2D eigenvalue weighted by molar-refractivity contribution is -0.385. The molecule has 102 valence electrons. The molecule has 1 aromatic rings. The van der Waals surface area contributed by atoms with Crippen molar-refractivity contribution >= 4 is 17.9 Å². The summed E-state index contributed by atoms with van der Waals surface area (Å²) in [5, 5.41) is 13.4. The summed E-state index contributed by atoms with van der Waals surface area (Å²) in [6, 6.07) is 3.82. The molecule has 1 N–H and O–H groups in total. The second-order valence-electron chi connectivity index (χ2n) is 3.65. The summed E-state index contributed by atoms with van der Waals surface area (Å²) in [4.78, 5) is 32.0. The minimum absolute atomic E-state index is 0.00891. The SMILES string of the molecule is CCNC(=O)CCOc1cc(C=O)ccc1[N+](=O)[O-]. The van der Waals surface area contributed by atoms with Crippen LogP contribution in [0, 0.1) is 10.1 Å². The standard InChI is InChI=1S/C12H14N2O5/c1-2-13-12(16)5-6-19-11-7-9(8-15)3-4-10(11)14(17)18/h3-4,7-8H,2,5-6H2,1H3,(H,13,16). The zero-order valence-electron chi connectivity index (χ0n) is 10.4. The number of carbonyl (C=O) groups is 2. The van der Waals surface area contributed by atoms with E-state index in [1.54, 1.807) is 6.92 Å². The van der Waals surface area contributed by atoms with Gasteiger partial charge in [-0.2, -0.15) is 0 Å². The van der Waals surface area contributed by atoms with E-state index >= 15 is 0 Å². The van der Waals surface area contributed by atoms with Crippen LogP contribution >= 0.6 is 0 Å². The number of benzene rings is 1. The summed E-state index contributed by atoms with van der Waals surface area (Å²) >= 11 is 0. The Balaban J connectivity index is 2.72. The third-order valence-corrected chi connectivity index (χ3v) is 2.28. The van der Waals surface area contributed by atoms with E-state index in [9.17, 15) is 19.7 Å². The fourth-order valence-electron chi connectivity index (χ4n) is 1.41. The lowest BCUT2D eigenvalue weighted by atomic mass is 10.2. The van der Waals surface area contributed by atoms with Crippen molar-refractivity contribution in [3.05, 3.63) is 33.9 Å². The Morgan fingerprint density at radius 3 is 2.84 bits per heavy atom. The molecule has 1 rings (SSSR count). The van der Waals surface area contributed by atoms with Crippen LogP contribution in [0.25, 0.3) is 0 Å². The first-order valence-electron chi connectivity index (χ1n) is 5.71. The van der Waals surface area contributed by atoms with Gasteiger partial charge in [0.15, 0.2) is 5.75 Å². The summed E-state index contributed by atoms with van der Waals surface area (Å²) in [7, 11) is 0. The number of hydrogen-bond donors (Lipinski definition) is 1. The lowest BCUT2D eigenvalue weighted by Gasteiger charge is -2.07. The van der Waals surface area contributed by atoms with Crippen molar-refractivity contribution in [3.8, 4) is 5.75 Å². The van der Waals surface area contributed by atoms with Gasteiger partial charge in [-0.3, -0.25) is 19.7 Å². The van der Waals surface area contributed by atoms with E-state index < -0.39 is 4.92 Å². The van der Waals surface area contributed by atoms with Gasteiger partial charge in [0.1, 0.15) is 6.29 Å². The smallest absolute Gasteiger partial charge is 0.310 e. The Hall–Kier alpha value is -2.44. The second-order valence-corrected chi connectivity index (χ2v) is 3.65. The number of hydrogen-bond acceptors (Lipinski definition) is 5. The van der Waals surface area contributed by atoms with Crippen LogP contribution in [0.1, 0.15) is 23.7 Å². The molecule has 0 heterocycles. The Bertz CT molecular complexity index is 487. The molecule has 7 heteroatoms. The van der Waals surface area contributed by atoms with Gasteiger partial charge in [0.25, 0.3) is 0 Å². The maximum absolute atomic E-state index is 11.2. The molecule has 19 heavy (non-hydrogen) atoms. The molecule has 0 aliphatic rings. The number of aldehydes is 1. The zero-order valence-corrected chi connectivity index (χ0v) is 10.4. The first kappa shape index (κ1) is 14.6. The largest absolute Gasteiger partial charge is 0.486 e. The fourth-order valence-corrected chi connectivity index (χ4v) is 1.41. The number of nitro groups is 1. The van der Waals surface area contributed by atoms with Crippen LogP contribution in [0.3, 0.4) is 0 Å². The Kier molecular flexibility index (Phi) is 5.46. The quantitative estimate of drug-likeness (QED) is 0.455. The third-order valence-electron chi connectivity index (χ3n) is 2.28. The number of carbonyl (C=O) groups excluding carboxylic acids is 2. The average molecular weight is 266 g/mol. The van der Waals surface area contributed by atoms with Crippen molar-refractivity contribution in [1.82, 2.24) is 5.32 Å². The molecule has 0 aliphatic heterocycles. The number of nitro benzene ring substituents is 1. The fraction of sp³-hybridized carbons (Fsp3) is 0.333. The molecule has 1 amide bonds. The normalized spacial score (nSPS) is 9.74. The predicted molar refractivity (Wildman–Crippen MR) is 67.3 cm³/mol. The topological polar surface area (TPSA) is 98.5 Å². The molecule has 0 spiro atoms. The van der Waals surface area contributed by atoms with Crippen LogP contribution in [0.2, 0.25) is 0 Å². The van der Waals surface area contributed by atoms with Gasteiger partial charge in [0.05, 0.1) is 18.0 Å². The van der Waals surface area contributed by atoms with E-state index in [2.05, 4.69) is 5.32 Å². The van der Waals surface area contributed by atoms with E-state index in [1.165, 1.54) is 18.2 Å². The molecule has 7 nitrogen and oxygen atoms in total. The monoisotopic (exact) mass is 266 g/mol. The maximum Gasteiger partial charge on any atom is 0.310 e. The van der Waals surface area contributed by atoms with Crippen LogP contribution in [0.4, 0.5) is 5.69 Å². The number of nitrogens with one attached hydrogen (secondary N) is 1. The van der Waals surface area contributed by atoms with Crippen molar-refractivity contribution in [2.24, 2.45) is 0 Å². The maximum atomic E-state index is 11.2. The van der Waals surface area contributed by atoms with Gasteiger partial charge in [-0.05, 0) is 19.1 Å². The minimum Gasteiger partial charge on any atom is -0.486 e. The molecule has 0 radical (unpaired) electrons. The zero-order chi connectivity index (χ0) is 14.3. The van der Waals surface area contributed by atoms with Crippen molar-refractivity contribution in [2.75, 3.05) is 13.2 Å². The van der Waals surface area contributed by atoms with Crippen LogP contribution < -0.4 is 10.1 Å². The van der Waals surface area contributed by atoms with Crippen molar-refractivity contribution in [2.45, 2.75) is 13.3 Å². The lowest BCUT2D eigenvalue weighted by Crippen LogP contribution is -2.24. The van der Waals surface area contributed by atoms with Crippen molar-refractivity contribution in [1.29, 1.82) is 0 Å². The highest BCUT2D eigenvalue weighted by molar-refractivity contribution is 5.77. The minimum atomic E-state index is -0.601. The Morgan fingerprint density at radius 2 is 2.26 bits per heavy atom. The molecule has 0 aliphatic carbocycles. The Morgan fingerprint density at radius 1 is 1.53 bits per heavy atom. The van der Waals surface area contributed by atoms with E-state index in [0.717, 1.165) is 0 Å². The van der Waals surface area contributed by atoms with Gasteiger partial charge in [-0.15, -0.1) is 0 Å². The summed E-state index contributed by atoms with van der Waals surface area (Å²) in [6.45, 7) is 2.31.